The minimum Gasteiger partial charge on any atom is -1.00 e. The fourth-order valence-electron chi connectivity index (χ4n) is 0.534. The van der Waals surface area contributed by atoms with E-state index in [-0.39, 0.29) is 22.3 Å². The lowest BCUT2D eigenvalue weighted by Crippen LogP contribution is -3.00. The van der Waals surface area contributed by atoms with Crippen molar-refractivity contribution >= 4 is 9.90 Å². The van der Waals surface area contributed by atoms with E-state index in [9.17, 15) is 0 Å². The van der Waals surface area contributed by atoms with Gasteiger partial charge in [0.15, 0.2) is 0 Å². The minimum absolute atomic E-state index is 0. The van der Waals surface area contributed by atoms with Crippen LogP contribution in [0.3, 0.4) is 0 Å². The molecule has 1 rings (SSSR count). The molecule has 9 heavy (non-hydrogen) atoms. The number of rotatable bonds is 0. The molecule has 0 aliphatic carbocycles. The Morgan fingerprint density at radius 2 is 1.44 bits per heavy atom. The Balaban J connectivity index is 0. The predicted octanol–water partition coefficient (Wildman–Crippen LogP) is -1.21. The summed E-state index contributed by atoms with van der Waals surface area (Å²) < 4.78 is 0. The van der Waals surface area contributed by atoms with Crippen LogP contribution in [0.2, 0.25) is 0 Å². The van der Waals surface area contributed by atoms with E-state index in [1.807, 2.05) is 18.2 Å². The molecule has 0 saturated heterocycles. The summed E-state index contributed by atoms with van der Waals surface area (Å²) in [5.41, 5.74) is 1.32. The van der Waals surface area contributed by atoms with E-state index in [1.165, 1.54) is 5.56 Å². The van der Waals surface area contributed by atoms with Crippen LogP contribution in [0.1, 0.15) is 5.56 Å². The van der Waals surface area contributed by atoms with Crippen molar-refractivity contribution < 1.29 is 12.4 Å². The zero-order valence-electron chi connectivity index (χ0n) is 5.76. The first-order chi connectivity index (χ1) is 3.39. The summed E-state index contributed by atoms with van der Waals surface area (Å²) in [5.74, 6) is 0. The second-order valence-electron chi connectivity index (χ2n) is 1.65. The Morgan fingerprint density at radius 3 is 1.67 bits per heavy atom. The lowest BCUT2D eigenvalue weighted by Gasteiger charge is -1.82. The van der Waals surface area contributed by atoms with Crippen molar-refractivity contribution in [2.75, 3.05) is 0 Å². The van der Waals surface area contributed by atoms with E-state index in [0.29, 0.717) is 0 Å². The van der Waals surface area contributed by atoms with Gasteiger partial charge >= 0.3 is 0 Å². The second kappa shape index (κ2) is 6.07. The largest absolute Gasteiger partial charge is 1.00 e. The van der Waals surface area contributed by atoms with Crippen LogP contribution in [0, 0.1) is 6.92 Å². The first kappa shape index (κ1) is 11.7. The molecule has 0 radical (unpaired) electrons. The van der Waals surface area contributed by atoms with Gasteiger partial charge in [-0.1, -0.05) is 35.9 Å². The summed E-state index contributed by atoms with van der Waals surface area (Å²) in [6.45, 7) is 2.08. The standard InChI is InChI=1S/C7H8.ClH.H3P/c1-7-5-3-2-4-6-7;;/h2-6H,1H3;1H;1H3. The first-order valence-corrected chi connectivity index (χ1v) is 2.41. The molecule has 1 aromatic rings. The molecule has 1 atom stereocenters. The lowest BCUT2D eigenvalue weighted by atomic mass is 10.2. The van der Waals surface area contributed by atoms with Crippen LogP contribution in [-0.2, 0) is 0 Å². The third-order valence-corrected chi connectivity index (χ3v) is 0.940. The van der Waals surface area contributed by atoms with Gasteiger partial charge in [0.1, 0.15) is 0 Å². The van der Waals surface area contributed by atoms with Crippen LogP contribution >= 0.6 is 9.90 Å². The Hall–Kier alpha value is -0.0600. The topological polar surface area (TPSA) is 0 Å². The lowest BCUT2D eigenvalue weighted by molar-refractivity contribution is -0.00000165. The fraction of sp³-hybridized carbons (Fsp3) is 0.143. The molecular formula is C7H12ClP. The monoisotopic (exact) mass is 162 g/mol. The zero-order valence-corrected chi connectivity index (χ0v) is 8.52. The van der Waals surface area contributed by atoms with Crippen molar-refractivity contribution in [1.29, 1.82) is 0 Å². The van der Waals surface area contributed by atoms with Crippen LogP contribution in [-0.4, -0.2) is 0 Å². The minimum atomic E-state index is 0. The van der Waals surface area contributed by atoms with Gasteiger partial charge < -0.3 is 12.4 Å². The van der Waals surface area contributed by atoms with Gasteiger partial charge in [0.05, 0.1) is 0 Å². The molecule has 0 saturated carbocycles. The van der Waals surface area contributed by atoms with Crippen LogP contribution in [0.15, 0.2) is 30.3 Å². The van der Waals surface area contributed by atoms with E-state index in [4.69, 9.17) is 0 Å². The summed E-state index contributed by atoms with van der Waals surface area (Å²) in [6, 6.07) is 10.3. The predicted molar refractivity (Wildman–Crippen MR) is 43.7 cm³/mol. The fourth-order valence-corrected chi connectivity index (χ4v) is 0.534. The van der Waals surface area contributed by atoms with Gasteiger partial charge in [-0.15, -0.1) is 0 Å². The van der Waals surface area contributed by atoms with Gasteiger partial charge in [0.2, 0.25) is 0 Å². The zero-order chi connectivity index (χ0) is 5.11. The summed E-state index contributed by atoms with van der Waals surface area (Å²) in [4.78, 5) is 0. The molecule has 52 valence electrons. The maximum Gasteiger partial charge on any atom is -0.0395 e. The van der Waals surface area contributed by atoms with E-state index < -0.39 is 0 Å². The second-order valence-corrected chi connectivity index (χ2v) is 1.65. The van der Waals surface area contributed by atoms with Crippen molar-refractivity contribution in [2.24, 2.45) is 0 Å². The number of aryl methyl sites for hydroxylation is 1. The van der Waals surface area contributed by atoms with E-state index in [0.717, 1.165) is 0 Å². The van der Waals surface area contributed by atoms with Crippen LogP contribution in [0.25, 0.3) is 0 Å². The summed E-state index contributed by atoms with van der Waals surface area (Å²) in [7, 11) is 0. The van der Waals surface area contributed by atoms with E-state index in [2.05, 4.69) is 19.1 Å². The van der Waals surface area contributed by atoms with Gasteiger partial charge in [-0.2, -0.15) is 0 Å². The molecule has 1 aromatic carbocycles. The van der Waals surface area contributed by atoms with Crippen molar-refractivity contribution in [2.45, 2.75) is 6.92 Å². The Bertz CT molecular complexity index is 139. The van der Waals surface area contributed by atoms with Crippen molar-refractivity contribution in [3.8, 4) is 0 Å². The van der Waals surface area contributed by atoms with Crippen molar-refractivity contribution in [3.63, 3.8) is 0 Å². The normalized spacial score (nSPS) is 6.78. The highest BCUT2D eigenvalue weighted by Gasteiger charge is 1.72. The Labute approximate surface area is 65.7 Å². The van der Waals surface area contributed by atoms with Crippen LogP contribution < -0.4 is 12.4 Å². The third-order valence-electron chi connectivity index (χ3n) is 0.940. The number of halogens is 1. The van der Waals surface area contributed by atoms with Crippen LogP contribution in [0.5, 0.6) is 0 Å². The highest BCUT2D eigenvalue weighted by Crippen LogP contribution is 1.92. The molecule has 0 spiro atoms. The van der Waals surface area contributed by atoms with Gasteiger partial charge in [0.25, 0.3) is 0 Å². The molecule has 0 fully saturated rings. The molecule has 0 aromatic heterocycles. The summed E-state index contributed by atoms with van der Waals surface area (Å²) in [6.07, 6.45) is 0. The molecule has 0 N–H and O–H groups in total. The molecule has 0 amide bonds. The number of hydrogen-bond acceptors (Lipinski definition) is 0. The molecule has 0 nitrogen and oxygen atoms in total. The average Bonchev–Trinajstić information content (AvgIpc) is 1.69. The third kappa shape index (κ3) is 4.44. The van der Waals surface area contributed by atoms with E-state index >= 15 is 0 Å². The van der Waals surface area contributed by atoms with Crippen molar-refractivity contribution in [3.05, 3.63) is 35.9 Å². The SMILES string of the molecule is Cc1ccccc1.[Cl-].[PH4+]. The molecular weight excluding hydrogens is 151 g/mol. The number of hydrogen-bond donors (Lipinski definition) is 0. The maximum atomic E-state index is 2.08. The highest BCUT2D eigenvalue weighted by atomic mass is 35.5. The number of benzene rings is 1. The first-order valence-electron chi connectivity index (χ1n) is 2.41. The summed E-state index contributed by atoms with van der Waals surface area (Å²) >= 11 is 0. The highest BCUT2D eigenvalue weighted by molar-refractivity contribution is 6.92. The summed E-state index contributed by atoms with van der Waals surface area (Å²) in [5, 5.41) is 0. The van der Waals surface area contributed by atoms with Gasteiger partial charge in [-0.25, -0.2) is 0 Å². The molecule has 0 bridgehead atoms. The van der Waals surface area contributed by atoms with E-state index in [1.54, 1.807) is 0 Å². The average molecular weight is 163 g/mol. The molecule has 0 heterocycles. The van der Waals surface area contributed by atoms with Gasteiger partial charge in [0, 0.05) is 0 Å². The van der Waals surface area contributed by atoms with Crippen molar-refractivity contribution in [1.82, 2.24) is 0 Å². The molecule has 0 aliphatic rings. The van der Waals surface area contributed by atoms with Crippen LogP contribution in [0.4, 0.5) is 0 Å². The molecule has 1 unspecified atom stereocenters. The maximum absolute atomic E-state index is 2.08. The van der Waals surface area contributed by atoms with Gasteiger partial charge in [-0.3, -0.25) is 0 Å². The smallest absolute Gasteiger partial charge is 0.0395 e. The molecule has 2 heteroatoms. The Kier molecular flexibility index (Phi) is 7.89. The Morgan fingerprint density at radius 1 is 1.00 bits per heavy atom. The molecule has 0 aliphatic heterocycles. The van der Waals surface area contributed by atoms with Gasteiger partial charge in [-0.05, 0) is 16.8 Å². The quantitative estimate of drug-likeness (QED) is 0.420.